The number of rotatable bonds is 0. The summed E-state index contributed by atoms with van der Waals surface area (Å²) in [7, 11) is 0. The summed E-state index contributed by atoms with van der Waals surface area (Å²) in [5.41, 5.74) is 0. The van der Waals surface area contributed by atoms with Crippen molar-refractivity contribution in [1.29, 1.82) is 0 Å². The summed E-state index contributed by atoms with van der Waals surface area (Å²) in [4.78, 5) is 8.25. The fraction of sp³-hybridized carbons (Fsp3) is 0. The molecule has 0 heterocycles. The van der Waals surface area contributed by atoms with Crippen LogP contribution in [0.4, 0.5) is 0 Å². The van der Waals surface area contributed by atoms with Gasteiger partial charge in [-0.15, -0.1) is 0 Å². The Labute approximate surface area is 81.9 Å². The molecule has 9 heavy (non-hydrogen) atoms. The molecule has 0 aliphatic heterocycles. The van der Waals surface area contributed by atoms with E-state index in [0.29, 0.717) is 0 Å². The summed E-state index contributed by atoms with van der Waals surface area (Å²) >= 11 is 0. The molecule has 0 aromatic heterocycles. The molecule has 0 atom stereocenters. The summed E-state index contributed by atoms with van der Waals surface area (Å²) in [6, 6.07) is 0. The first-order chi connectivity index (χ1) is 1.73. The van der Waals surface area contributed by atoms with E-state index >= 15 is 0 Å². The maximum Gasteiger partial charge on any atom is 2.00 e. The molecular formula is H8NO7Th+. The zero-order valence-electron chi connectivity index (χ0n) is 4.17. The number of hydrogen-bond donors (Lipinski definition) is 0. The number of nitrogens with zero attached hydrogens (tertiary/aromatic N) is 1. The van der Waals surface area contributed by atoms with E-state index in [4.69, 9.17) is 15.3 Å². The van der Waals surface area contributed by atoms with Gasteiger partial charge in [0.2, 0.25) is 0 Å². The minimum absolute atomic E-state index is 0. The molecule has 8 N–H and O–H groups in total. The Balaban J connectivity index is -0.00000000450. The van der Waals surface area contributed by atoms with Gasteiger partial charge in [-0.3, -0.25) is 0 Å². The van der Waals surface area contributed by atoms with Crippen molar-refractivity contribution in [3.05, 3.63) is 15.3 Å². The van der Waals surface area contributed by atoms with Crippen LogP contribution < -0.4 is 0 Å². The maximum absolute atomic E-state index is 8.25. The normalized spacial score (nSPS) is 2.67. The summed E-state index contributed by atoms with van der Waals surface area (Å²) in [6.45, 7) is 0. The van der Waals surface area contributed by atoms with E-state index in [1.54, 1.807) is 0 Å². The molecule has 8 nitrogen and oxygen atoms in total. The van der Waals surface area contributed by atoms with Crippen molar-refractivity contribution in [2.75, 3.05) is 0 Å². The molecule has 0 unspecified atom stereocenters. The first-order valence-corrected chi connectivity index (χ1v) is 0.548. The Morgan fingerprint density at radius 1 is 0.889 bits per heavy atom. The third kappa shape index (κ3) is 2550. The van der Waals surface area contributed by atoms with Gasteiger partial charge in [0.15, 0.2) is 0 Å². The summed E-state index contributed by atoms with van der Waals surface area (Å²) in [6.07, 6.45) is 0. The first kappa shape index (κ1) is 57.9. The Bertz CT molecular complexity index is 31.9. The predicted octanol–water partition coefficient (Wildman–Crippen LogP) is -3.54. The smallest absolute Gasteiger partial charge is 0.412 e. The van der Waals surface area contributed by atoms with Gasteiger partial charge in [0.1, 0.15) is 0 Å². The second-order valence-corrected chi connectivity index (χ2v) is 0.224. The molecule has 0 rings (SSSR count). The van der Waals surface area contributed by atoms with E-state index in [1.165, 1.54) is 0 Å². The van der Waals surface area contributed by atoms with Crippen LogP contribution in [0.2, 0.25) is 0 Å². The summed E-state index contributed by atoms with van der Waals surface area (Å²) in [5.74, 6) is 0. The van der Waals surface area contributed by atoms with Crippen LogP contribution in [0.25, 0.3) is 0 Å². The third-order valence-corrected chi connectivity index (χ3v) is 0. The summed E-state index contributed by atoms with van der Waals surface area (Å²) < 4.78 is 0. The van der Waals surface area contributed by atoms with Gasteiger partial charge in [0.25, 0.3) is 0 Å². The van der Waals surface area contributed by atoms with Gasteiger partial charge >= 0.3 is 39.9 Å². The molecule has 0 saturated carbocycles. The molecule has 0 aliphatic carbocycles. The Morgan fingerprint density at radius 2 is 0.889 bits per heavy atom. The largest absolute Gasteiger partial charge is 2.00 e. The van der Waals surface area contributed by atoms with E-state index < -0.39 is 5.09 Å². The minimum Gasteiger partial charge on any atom is -0.412 e. The zero-order chi connectivity index (χ0) is 3.58. The van der Waals surface area contributed by atoms with Gasteiger partial charge in [-0.05, 0) is 0 Å². The fourth-order valence-corrected chi connectivity index (χ4v) is 0. The average molecular weight is 366 g/mol. The second-order valence-electron chi connectivity index (χ2n) is 0.224. The van der Waals surface area contributed by atoms with Crippen molar-refractivity contribution in [3.8, 4) is 0 Å². The predicted molar refractivity (Wildman–Crippen MR) is 24.8 cm³/mol. The van der Waals surface area contributed by atoms with Crippen LogP contribution in [0.3, 0.4) is 0 Å². The van der Waals surface area contributed by atoms with Gasteiger partial charge in [0.05, 0.1) is 5.09 Å². The molecule has 0 aromatic rings. The maximum atomic E-state index is 8.25. The Kier molecular flexibility index (Phi) is 258. The van der Waals surface area contributed by atoms with Crippen molar-refractivity contribution in [2.45, 2.75) is 0 Å². The van der Waals surface area contributed by atoms with Crippen LogP contribution in [-0.4, -0.2) is 27.0 Å². The Hall–Kier alpha value is 0.365. The molecule has 0 spiro atoms. The van der Waals surface area contributed by atoms with Gasteiger partial charge in [-0.25, -0.2) is 0 Å². The monoisotopic (exact) mass is 366 g/mol. The third-order valence-electron chi connectivity index (χ3n) is 0. The SMILES string of the molecule is O.O.O.O.O=[N+]([O-])[O-].[Th+2]. The van der Waals surface area contributed by atoms with Crippen LogP contribution in [-0.2, 0) is 0 Å². The van der Waals surface area contributed by atoms with Crippen molar-refractivity contribution in [1.82, 2.24) is 0 Å². The molecule has 9 heteroatoms. The van der Waals surface area contributed by atoms with Crippen LogP contribution in [0.1, 0.15) is 0 Å². The van der Waals surface area contributed by atoms with E-state index in [9.17, 15) is 0 Å². The molecule has 0 aliphatic rings. The van der Waals surface area contributed by atoms with Crippen LogP contribution in [0.15, 0.2) is 0 Å². The standard InChI is InChI=1S/NO3.4H2O.Th/c2-1(3)4;;;;;/h;4*1H2;/q-1;;;;;+2. The van der Waals surface area contributed by atoms with Crippen molar-refractivity contribution < 1.29 is 66.9 Å². The van der Waals surface area contributed by atoms with Gasteiger partial charge in [-0.2, -0.15) is 0 Å². The molecule has 58 valence electrons. The first-order valence-electron chi connectivity index (χ1n) is 0.548. The Morgan fingerprint density at radius 3 is 0.889 bits per heavy atom. The van der Waals surface area contributed by atoms with E-state index in [2.05, 4.69) is 0 Å². The van der Waals surface area contributed by atoms with Crippen LogP contribution >= 0.6 is 0 Å². The average Bonchev–Trinajstić information content (AvgIpc) is 0.811. The van der Waals surface area contributed by atoms with Gasteiger partial charge in [0, 0.05) is 0 Å². The molecule has 0 aromatic carbocycles. The van der Waals surface area contributed by atoms with Crippen molar-refractivity contribution in [2.24, 2.45) is 0 Å². The van der Waals surface area contributed by atoms with E-state index in [-0.39, 0.29) is 61.8 Å². The van der Waals surface area contributed by atoms with E-state index in [0.717, 1.165) is 0 Å². The molecule has 0 radical (unpaired) electrons. The molecule has 0 saturated heterocycles. The van der Waals surface area contributed by atoms with Crippen molar-refractivity contribution >= 4 is 0 Å². The van der Waals surface area contributed by atoms with E-state index in [1.807, 2.05) is 0 Å². The summed E-state index contributed by atoms with van der Waals surface area (Å²) in [5, 5.41) is 14.8. The molecule has 0 bridgehead atoms. The number of hydrogen-bond acceptors (Lipinski definition) is 3. The molecular weight excluding hydrogens is 358 g/mol. The zero-order valence-corrected chi connectivity index (χ0v) is 8.28. The van der Waals surface area contributed by atoms with Crippen molar-refractivity contribution in [3.63, 3.8) is 0 Å². The van der Waals surface area contributed by atoms with Gasteiger partial charge in [-0.1, -0.05) is 0 Å². The molecule has 0 fully saturated rings. The molecule has 0 amide bonds. The topological polar surface area (TPSA) is 192 Å². The quantitative estimate of drug-likeness (QED) is 0.317. The van der Waals surface area contributed by atoms with Crippen LogP contribution in [0.5, 0.6) is 0 Å². The van der Waals surface area contributed by atoms with Crippen LogP contribution in [0, 0.1) is 55.3 Å². The fourth-order valence-electron chi connectivity index (χ4n) is 0. The minimum atomic E-state index is -1.75. The second kappa shape index (κ2) is 40.1. The van der Waals surface area contributed by atoms with Gasteiger partial charge < -0.3 is 37.2 Å².